The van der Waals surface area contributed by atoms with Crippen LogP contribution in [-0.2, 0) is 4.74 Å². The van der Waals surface area contributed by atoms with E-state index in [1.807, 2.05) is 6.07 Å². The minimum Gasteiger partial charge on any atom is -0.396 e. The lowest BCUT2D eigenvalue weighted by atomic mass is 10.1. The summed E-state index contributed by atoms with van der Waals surface area (Å²) in [6.07, 6.45) is 9.85. The molecule has 184 valence electrons. The lowest BCUT2D eigenvalue weighted by Gasteiger charge is -2.31. The summed E-state index contributed by atoms with van der Waals surface area (Å²) in [6, 6.07) is 2.16. The molecule has 0 radical (unpaired) electrons. The second kappa shape index (κ2) is 13.9. The Kier molecular flexibility index (Phi) is 10.9. The predicted octanol–water partition coefficient (Wildman–Crippen LogP) is 3.00. The maximum Gasteiger partial charge on any atom is 0.252 e. The Hall–Kier alpha value is -1.72. The number of nitrogens with zero attached hydrogens (tertiary/aromatic N) is 3. The molecule has 2 saturated heterocycles. The highest BCUT2D eigenvalue weighted by atomic mass is 32.2. The van der Waals surface area contributed by atoms with Crippen molar-refractivity contribution in [2.24, 2.45) is 0 Å². The summed E-state index contributed by atoms with van der Waals surface area (Å²) >= 11 is 1.70. The second-order valence-electron chi connectivity index (χ2n) is 8.63. The van der Waals surface area contributed by atoms with Crippen molar-refractivity contribution in [1.82, 2.24) is 24.0 Å². The van der Waals surface area contributed by atoms with Crippen LogP contribution in [0.1, 0.15) is 57.4 Å². The number of pyridine rings is 1. The molecule has 0 bridgehead atoms. The van der Waals surface area contributed by atoms with Crippen LogP contribution in [0.3, 0.4) is 0 Å². The molecule has 0 amide bonds. The van der Waals surface area contributed by atoms with Gasteiger partial charge in [0.2, 0.25) is 5.95 Å². The molecule has 4 N–H and O–H groups in total. The standard InChI is InChI=1S/C18H26N6O2S.C5H12O/c1-12-9-13-10-19-18(23-16(13)22-17(12)25)21-14-4-6-24(7-5-14)27-20-11-15-3-2-8-26-15;1-2-3-4-5-6/h9-10,14-15,20H,2-8,11H2,1H3,(H2,19,21,22,23,25);6H,2-5H2,1H3. The van der Waals surface area contributed by atoms with Gasteiger partial charge in [-0.05, 0) is 45.1 Å². The first-order chi connectivity index (χ1) is 16.1. The van der Waals surface area contributed by atoms with Gasteiger partial charge in [0.05, 0.1) is 6.10 Å². The van der Waals surface area contributed by atoms with Crippen molar-refractivity contribution in [1.29, 1.82) is 0 Å². The second-order valence-corrected chi connectivity index (χ2v) is 9.62. The topological polar surface area (TPSA) is 115 Å². The van der Waals surface area contributed by atoms with Crippen molar-refractivity contribution in [3.63, 3.8) is 0 Å². The highest BCUT2D eigenvalue weighted by molar-refractivity contribution is 7.95. The lowest BCUT2D eigenvalue weighted by molar-refractivity contribution is 0.115. The third-order valence-electron chi connectivity index (χ3n) is 5.86. The number of piperidine rings is 1. The van der Waals surface area contributed by atoms with Crippen molar-refractivity contribution in [3.8, 4) is 0 Å². The summed E-state index contributed by atoms with van der Waals surface area (Å²) in [5, 5.41) is 12.5. The first-order valence-corrected chi connectivity index (χ1v) is 12.9. The first kappa shape index (κ1) is 25.9. The molecule has 2 aromatic rings. The minimum atomic E-state index is -0.104. The molecular formula is C23H38N6O3S. The van der Waals surface area contributed by atoms with Gasteiger partial charge < -0.3 is 20.1 Å². The van der Waals surface area contributed by atoms with E-state index < -0.39 is 0 Å². The van der Waals surface area contributed by atoms with Crippen molar-refractivity contribution in [2.45, 2.75) is 70.9 Å². The number of nitrogens with one attached hydrogen (secondary N) is 3. The number of rotatable bonds is 9. The number of hydrogen-bond acceptors (Lipinski definition) is 9. The number of aromatic nitrogens is 3. The molecule has 0 aliphatic carbocycles. The Bertz CT molecular complexity index is 893. The van der Waals surface area contributed by atoms with Gasteiger partial charge in [-0.25, -0.2) is 14.0 Å². The molecule has 9 nitrogen and oxygen atoms in total. The average molecular weight is 479 g/mol. The third-order valence-corrected chi connectivity index (χ3v) is 6.78. The van der Waals surface area contributed by atoms with Crippen molar-refractivity contribution in [2.75, 3.05) is 38.2 Å². The van der Waals surface area contributed by atoms with E-state index in [1.165, 1.54) is 12.8 Å². The number of hydrogen-bond donors (Lipinski definition) is 4. The summed E-state index contributed by atoms with van der Waals surface area (Å²) in [6.45, 7) is 8.08. The van der Waals surface area contributed by atoms with E-state index in [-0.39, 0.29) is 5.56 Å². The number of unbranched alkanes of at least 4 members (excludes halogenated alkanes) is 2. The van der Waals surface area contributed by atoms with Gasteiger partial charge in [0.25, 0.3) is 5.56 Å². The number of fused-ring (bicyclic) bond motifs is 1. The molecular weight excluding hydrogens is 440 g/mol. The summed E-state index contributed by atoms with van der Waals surface area (Å²) in [5.74, 6) is 0.574. The van der Waals surface area contributed by atoms with Crippen LogP contribution in [0.5, 0.6) is 0 Å². The van der Waals surface area contributed by atoms with Crippen LogP contribution in [0, 0.1) is 6.92 Å². The van der Waals surface area contributed by atoms with Crippen LogP contribution >= 0.6 is 12.1 Å². The smallest absolute Gasteiger partial charge is 0.252 e. The van der Waals surface area contributed by atoms with Crippen LogP contribution in [0.2, 0.25) is 0 Å². The van der Waals surface area contributed by atoms with Gasteiger partial charge in [0.15, 0.2) is 0 Å². The molecule has 33 heavy (non-hydrogen) atoms. The number of H-pyrrole nitrogens is 1. The highest BCUT2D eigenvalue weighted by Crippen LogP contribution is 2.20. The molecule has 0 spiro atoms. The zero-order valence-electron chi connectivity index (χ0n) is 19.8. The zero-order chi connectivity index (χ0) is 23.5. The van der Waals surface area contributed by atoms with Crippen LogP contribution in [-0.4, -0.2) is 69.4 Å². The van der Waals surface area contributed by atoms with Gasteiger partial charge >= 0.3 is 0 Å². The van der Waals surface area contributed by atoms with Gasteiger partial charge in [-0.1, -0.05) is 19.8 Å². The molecule has 1 unspecified atom stereocenters. The van der Waals surface area contributed by atoms with Gasteiger partial charge in [-0.2, -0.15) is 4.98 Å². The van der Waals surface area contributed by atoms with Crippen LogP contribution in [0.4, 0.5) is 5.95 Å². The van der Waals surface area contributed by atoms with Gasteiger partial charge in [-0.3, -0.25) is 4.79 Å². The van der Waals surface area contributed by atoms with E-state index in [4.69, 9.17) is 9.84 Å². The normalized spacial score (nSPS) is 19.4. The molecule has 2 fully saturated rings. The maximum absolute atomic E-state index is 11.8. The van der Waals surface area contributed by atoms with E-state index in [9.17, 15) is 4.79 Å². The third kappa shape index (κ3) is 8.53. The molecule has 10 heteroatoms. The zero-order valence-corrected chi connectivity index (χ0v) is 20.6. The fourth-order valence-corrected chi connectivity index (χ4v) is 4.67. The molecule has 4 heterocycles. The number of aliphatic hydroxyl groups excluding tert-OH is 1. The monoisotopic (exact) mass is 478 g/mol. The maximum atomic E-state index is 11.8. The average Bonchev–Trinajstić information content (AvgIpc) is 3.34. The van der Waals surface area contributed by atoms with E-state index in [0.717, 1.165) is 63.7 Å². The largest absolute Gasteiger partial charge is 0.396 e. The molecule has 0 aromatic carbocycles. The number of aromatic amines is 1. The number of aryl methyl sites for hydroxylation is 1. The Morgan fingerprint density at radius 2 is 2.12 bits per heavy atom. The van der Waals surface area contributed by atoms with Crippen molar-refractivity contribution in [3.05, 3.63) is 28.2 Å². The molecule has 4 rings (SSSR count). The fraction of sp³-hybridized carbons (Fsp3) is 0.696. The van der Waals surface area contributed by atoms with E-state index in [2.05, 4.69) is 36.2 Å². The van der Waals surface area contributed by atoms with Crippen molar-refractivity contribution < 1.29 is 9.84 Å². The molecule has 2 aliphatic rings. The van der Waals surface area contributed by atoms with Crippen LogP contribution < -0.4 is 15.6 Å². The highest BCUT2D eigenvalue weighted by Gasteiger charge is 2.21. The lowest BCUT2D eigenvalue weighted by Crippen LogP contribution is -2.38. The van der Waals surface area contributed by atoms with E-state index in [0.29, 0.717) is 35.9 Å². The molecule has 2 aromatic heterocycles. The summed E-state index contributed by atoms with van der Waals surface area (Å²) in [4.78, 5) is 23.5. The molecule has 1 atom stereocenters. The summed E-state index contributed by atoms with van der Waals surface area (Å²) < 4.78 is 11.4. The van der Waals surface area contributed by atoms with Gasteiger partial charge in [0.1, 0.15) is 5.65 Å². The van der Waals surface area contributed by atoms with E-state index >= 15 is 0 Å². The SMILES string of the molecule is CCCCCO.Cc1cc2cnc(NC3CCN(SNCC4CCCO4)CC3)nc2[nH]c1=O. The predicted molar refractivity (Wildman–Crippen MR) is 134 cm³/mol. The quantitative estimate of drug-likeness (QED) is 0.319. The minimum absolute atomic E-state index is 0.104. The first-order valence-electron chi connectivity index (χ1n) is 12.1. The summed E-state index contributed by atoms with van der Waals surface area (Å²) in [5.41, 5.74) is 1.15. The summed E-state index contributed by atoms with van der Waals surface area (Å²) in [7, 11) is 0. The van der Waals surface area contributed by atoms with Crippen LogP contribution in [0.25, 0.3) is 11.0 Å². The van der Waals surface area contributed by atoms with Gasteiger partial charge in [-0.15, -0.1) is 0 Å². The number of anilines is 1. The number of ether oxygens (including phenoxy) is 1. The van der Waals surface area contributed by atoms with Crippen molar-refractivity contribution >= 4 is 29.1 Å². The Morgan fingerprint density at radius 3 is 2.79 bits per heavy atom. The molecule has 0 saturated carbocycles. The fourth-order valence-electron chi connectivity index (χ4n) is 3.83. The van der Waals surface area contributed by atoms with E-state index in [1.54, 1.807) is 25.3 Å². The Morgan fingerprint density at radius 1 is 1.30 bits per heavy atom. The number of aliphatic hydroxyl groups is 1. The Labute approximate surface area is 200 Å². The van der Waals surface area contributed by atoms with Crippen LogP contribution in [0.15, 0.2) is 17.1 Å². The Balaban J connectivity index is 0.000000454. The molecule has 2 aliphatic heterocycles. The van der Waals surface area contributed by atoms with Gasteiger partial charge in [0, 0.05) is 68.2 Å².